The van der Waals surface area contributed by atoms with Crippen LogP contribution in [0.4, 0.5) is 14.0 Å². The van der Waals surface area contributed by atoms with Gasteiger partial charge in [0.05, 0.1) is 13.1 Å². The van der Waals surface area contributed by atoms with Crippen molar-refractivity contribution < 1.29 is 42.9 Å². The van der Waals surface area contributed by atoms with Crippen LogP contribution in [0.5, 0.6) is 0 Å². The first-order chi connectivity index (χ1) is 21.3. The Kier molecular flexibility index (Phi) is 9.09. The maximum atomic E-state index is 14.3. The van der Waals surface area contributed by atoms with Gasteiger partial charge in [-0.3, -0.25) is 14.5 Å². The number of ether oxygens (including phenoxy) is 2. The lowest BCUT2D eigenvalue weighted by Crippen LogP contribution is -2.56. The van der Waals surface area contributed by atoms with Crippen molar-refractivity contribution in [2.75, 3.05) is 6.54 Å². The van der Waals surface area contributed by atoms with Gasteiger partial charge in [-0.15, -0.1) is 0 Å². The molecule has 0 spiro atoms. The number of hydrogen-bond donors (Lipinski definition) is 3. The molecule has 244 valence electrons. The number of nitrogens with zero attached hydrogens (tertiary/aromatic N) is 2. The molecule has 5 atom stereocenters. The summed E-state index contributed by atoms with van der Waals surface area (Å²) >= 11 is 0. The third kappa shape index (κ3) is 7.23. The molecule has 0 aromatic heterocycles. The van der Waals surface area contributed by atoms with Crippen LogP contribution >= 0.6 is 0 Å². The molecule has 1 aromatic rings. The number of rotatable bonds is 3. The number of fused-ring (bicyclic) bond motifs is 3. The van der Waals surface area contributed by atoms with Crippen LogP contribution in [0, 0.1) is 11.7 Å². The fraction of sp³-hybridized carbons (Fsp3) is 0.594. The summed E-state index contributed by atoms with van der Waals surface area (Å²) in [5.74, 6) is -3.20. The fourth-order valence-corrected chi connectivity index (χ4v) is 6.32. The minimum Gasteiger partial charge on any atom is -0.479 e. The normalized spacial score (nSPS) is 28.5. The van der Waals surface area contributed by atoms with Gasteiger partial charge in [0.2, 0.25) is 11.8 Å². The molecule has 4 amide bonds. The number of amides is 4. The van der Waals surface area contributed by atoms with Crippen molar-refractivity contribution in [1.29, 1.82) is 0 Å². The minimum absolute atomic E-state index is 0.0258. The predicted octanol–water partition coefficient (Wildman–Crippen LogP) is 3.62. The van der Waals surface area contributed by atoms with E-state index in [1.165, 1.54) is 15.9 Å². The van der Waals surface area contributed by atoms with Crippen molar-refractivity contribution in [1.82, 2.24) is 20.4 Å². The minimum atomic E-state index is -1.49. The second-order valence-corrected chi connectivity index (χ2v) is 13.3. The molecule has 3 heterocycles. The molecule has 1 saturated carbocycles. The Balaban J connectivity index is 1.37. The number of carbonyl (C=O) groups is 5. The molecule has 4 aliphatic rings. The standard InChI is InChI=1S/C32H41FN4O8/c1-31(2,3)45-29(42)34-24-13-8-6-4-5-7-11-20-15-32(20,28(40)41)35-26(38)25-14-21(17-37(25)27(24)39)44-30(43)36-16-19-10-9-12-23(33)22(19)18-36/h7,9-12,20-21,24-25H,4-6,8,13-18H2,1-3H3,(H,34,42)(H,35,38)(H,40,41)/t20-,21-,24-,25+,32-/m1/s1. The van der Waals surface area contributed by atoms with Gasteiger partial charge in [0.1, 0.15) is 35.1 Å². The van der Waals surface area contributed by atoms with Gasteiger partial charge in [-0.05, 0) is 58.1 Å². The Morgan fingerprint density at radius 3 is 2.62 bits per heavy atom. The van der Waals surface area contributed by atoms with Crippen LogP contribution in [0.15, 0.2) is 30.4 Å². The Morgan fingerprint density at radius 1 is 1.13 bits per heavy atom. The molecule has 12 nitrogen and oxygen atoms in total. The van der Waals surface area contributed by atoms with Crippen LogP contribution in [0.3, 0.4) is 0 Å². The largest absolute Gasteiger partial charge is 0.479 e. The Hall–Kier alpha value is -4.16. The third-order valence-electron chi connectivity index (χ3n) is 8.76. The highest BCUT2D eigenvalue weighted by Gasteiger charge is 2.61. The smallest absolute Gasteiger partial charge is 0.410 e. The van der Waals surface area contributed by atoms with Gasteiger partial charge in [0.25, 0.3) is 0 Å². The average Bonchev–Trinajstić information content (AvgIpc) is 3.27. The number of carboxylic acids is 1. The average molecular weight is 629 g/mol. The first-order valence-electron chi connectivity index (χ1n) is 15.5. The number of carboxylic acid groups (broad SMARTS) is 1. The van der Waals surface area contributed by atoms with Crippen molar-refractivity contribution in [3.05, 3.63) is 47.3 Å². The van der Waals surface area contributed by atoms with Crippen molar-refractivity contribution >= 4 is 30.0 Å². The van der Waals surface area contributed by atoms with Crippen molar-refractivity contribution in [3.8, 4) is 0 Å². The zero-order chi connectivity index (χ0) is 32.5. The highest BCUT2D eigenvalue weighted by atomic mass is 19.1. The summed E-state index contributed by atoms with van der Waals surface area (Å²) in [7, 11) is 0. The zero-order valence-electron chi connectivity index (χ0n) is 25.8. The Bertz CT molecular complexity index is 1390. The Labute approximate surface area is 261 Å². The van der Waals surface area contributed by atoms with E-state index in [2.05, 4.69) is 10.6 Å². The summed E-state index contributed by atoms with van der Waals surface area (Å²) < 4.78 is 25.4. The maximum absolute atomic E-state index is 14.3. The molecular formula is C32H41FN4O8. The molecule has 2 fully saturated rings. The van der Waals surface area contributed by atoms with Crippen LogP contribution < -0.4 is 10.6 Å². The monoisotopic (exact) mass is 628 g/mol. The van der Waals surface area contributed by atoms with Crippen molar-refractivity contribution in [2.45, 2.75) is 108 Å². The molecular weight excluding hydrogens is 587 g/mol. The number of benzene rings is 1. The van der Waals surface area contributed by atoms with Crippen LogP contribution in [0.2, 0.25) is 0 Å². The van der Waals surface area contributed by atoms with E-state index in [0.717, 1.165) is 19.3 Å². The molecule has 0 unspecified atom stereocenters. The van der Waals surface area contributed by atoms with Crippen LogP contribution in [0.1, 0.15) is 76.8 Å². The van der Waals surface area contributed by atoms with E-state index >= 15 is 0 Å². The van der Waals surface area contributed by atoms with Gasteiger partial charge < -0.3 is 30.1 Å². The molecule has 5 rings (SSSR count). The predicted molar refractivity (Wildman–Crippen MR) is 158 cm³/mol. The van der Waals surface area contributed by atoms with Gasteiger partial charge in [-0.25, -0.2) is 18.8 Å². The third-order valence-corrected chi connectivity index (χ3v) is 8.76. The molecule has 3 N–H and O–H groups in total. The second kappa shape index (κ2) is 12.7. The lowest BCUT2D eigenvalue weighted by molar-refractivity contribution is -0.145. The van der Waals surface area contributed by atoms with E-state index < -0.39 is 65.1 Å². The van der Waals surface area contributed by atoms with Gasteiger partial charge in [0, 0.05) is 24.4 Å². The van der Waals surface area contributed by atoms with E-state index in [-0.39, 0.29) is 44.8 Å². The summed E-state index contributed by atoms with van der Waals surface area (Å²) in [6.45, 7) is 5.15. The molecule has 3 aliphatic heterocycles. The maximum Gasteiger partial charge on any atom is 0.410 e. The van der Waals surface area contributed by atoms with Crippen LogP contribution in [-0.2, 0) is 36.9 Å². The van der Waals surface area contributed by atoms with E-state index in [4.69, 9.17) is 9.47 Å². The van der Waals surface area contributed by atoms with Crippen molar-refractivity contribution in [2.24, 2.45) is 5.92 Å². The fourth-order valence-electron chi connectivity index (χ4n) is 6.32. The van der Waals surface area contributed by atoms with Gasteiger partial charge >= 0.3 is 18.2 Å². The Morgan fingerprint density at radius 2 is 1.91 bits per heavy atom. The van der Waals surface area contributed by atoms with Gasteiger partial charge in [-0.1, -0.05) is 37.1 Å². The summed E-state index contributed by atoms with van der Waals surface area (Å²) in [4.78, 5) is 68.5. The highest BCUT2D eigenvalue weighted by Crippen LogP contribution is 2.45. The summed E-state index contributed by atoms with van der Waals surface area (Å²) in [5, 5.41) is 15.4. The number of halogens is 1. The highest BCUT2D eigenvalue weighted by molar-refractivity contribution is 5.96. The van der Waals surface area contributed by atoms with Crippen molar-refractivity contribution in [3.63, 3.8) is 0 Å². The molecule has 1 aromatic carbocycles. The summed E-state index contributed by atoms with van der Waals surface area (Å²) in [5.41, 5.74) is -1.22. The van der Waals surface area contributed by atoms with E-state index in [9.17, 15) is 33.5 Å². The lowest BCUT2D eigenvalue weighted by atomic mass is 10.0. The number of hydrogen-bond acceptors (Lipinski definition) is 7. The SMILES string of the molecule is CC(C)(C)OC(=O)N[C@@H]1CCCCCC=C[C@@H]2C[C@@]2(C(=O)O)NC(=O)[C@@H]2C[C@@H](OC(=O)N3Cc4cccc(F)c4C3)CN2C1=O. The number of nitrogens with one attached hydrogen (secondary N) is 2. The first kappa shape index (κ1) is 32.2. The van der Waals surface area contributed by atoms with Gasteiger partial charge in [0.15, 0.2) is 0 Å². The zero-order valence-corrected chi connectivity index (χ0v) is 25.8. The van der Waals surface area contributed by atoms with E-state index in [1.807, 2.05) is 12.2 Å². The molecule has 1 saturated heterocycles. The molecule has 0 bridgehead atoms. The van der Waals surface area contributed by atoms with Crippen LogP contribution in [0.25, 0.3) is 0 Å². The van der Waals surface area contributed by atoms with E-state index in [1.54, 1.807) is 32.9 Å². The lowest BCUT2D eigenvalue weighted by Gasteiger charge is -2.30. The number of carbonyl (C=O) groups excluding carboxylic acids is 4. The quantitative estimate of drug-likeness (QED) is 0.429. The first-order valence-corrected chi connectivity index (χ1v) is 15.5. The topological polar surface area (TPSA) is 155 Å². The molecule has 45 heavy (non-hydrogen) atoms. The molecule has 13 heteroatoms. The number of alkyl carbamates (subject to hydrolysis) is 1. The van der Waals surface area contributed by atoms with E-state index in [0.29, 0.717) is 17.5 Å². The summed E-state index contributed by atoms with van der Waals surface area (Å²) in [6.07, 6.45) is 4.66. The molecule has 0 radical (unpaired) electrons. The summed E-state index contributed by atoms with van der Waals surface area (Å²) in [6, 6.07) is 2.45. The number of aliphatic carboxylic acids is 1. The number of allylic oxidation sites excluding steroid dienone is 1. The second-order valence-electron chi connectivity index (χ2n) is 13.3. The molecule has 1 aliphatic carbocycles. The van der Waals surface area contributed by atoms with Crippen LogP contribution in [-0.4, -0.2) is 80.7 Å². The van der Waals surface area contributed by atoms with Gasteiger partial charge in [-0.2, -0.15) is 0 Å².